The molecule has 0 aromatic heterocycles. The lowest BCUT2D eigenvalue weighted by molar-refractivity contribution is -0.432. The Labute approximate surface area is 247 Å². The van der Waals surface area contributed by atoms with Crippen molar-refractivity contribution in [1.29, 1.82) is 0 Å². The number of allylic oxidation sites excluding steroid dienone is 1. The van der Waals surface area contributed by atoms with Crippen molar-refractivity contribution in [3.63, 3.8) is 0 Å². The second-order valence-electron chi connectivity index (χ2n) is 9.80. The first-order valence-electron chi connectivity index (χ1n) is 12.9. The highest BCUT2D eigenvalue weighted by molar-refractivity contribution is 5.90. The lowest BCUT2D eigenvalue weighted by Crippen LogP contribution is -2.29. The van der Waals surface area contributed by atoms with Crippen molar-refractivity contribution < 1.29 is 53.0 Å². The zero-order valence-corrected chi connectivity index (χ0v) is 22.6. The molecule has 0 aliphatic rings. The minimum Gasteiger partial charge on any atom is -0.222 e. The van der Waals surface area contributed by atoms with Gasteiger partial charge in [0, 0.05) is 16.5 Å². The van der Waals surface area contributed by atoms with E-state index < -0.39 is 64.1 Å². The van der Waals surface area contributed by atoms with Gasteiger partial charge in [-0.25, -0.2) is 31.1 Å². The van der Waals surface area contributed by atoms with Crippen LogP contribution in [-0.2, 0) is 10.8 Å². The van der Waals surface area contributed by atoms with Crippen LogP contribution in [0.25, 0.3) is 50.2 Å². The van der Waals surface area contributed by atoms with Gasteiger partial charge in [0.1, 0.15) is 40.5 Å². The minimum absolute atomic E-state index is 0.00201. The monoisotopic (exact) mass is 638 g/mol. The molecule has 5 rings (SSSR count). The molecule has 0 aliphatic heterocycles. The van der Waals surface area contributed by atoms with Gasteiger partial charge in [0.25, 0.3) is 0 Å². The summed E-state index contributed by atoms with van der Waals surface area (Å²) < 4.78 is 156. The number of rotatable bonds is 6. The Morgan fingerprint density at radius 1 is 0.578 bits per heavy atom. The Balaban J connectivity index is 1.49. The van der Waals surface area contributed by atoms with Gasteiger partial charge in [-0.1, -0.05) is 48.6 Å². The Hall–Kier alpha value is -4.71. The van der Waals surface area contributed by atoms with Crippen molar-refractivity contribution in [3.8, 4) is 33.4 Å². The van der Waals surface area contributed by atoms with Crippen LogP contribution >= 0.6 is 0 Å². The molecule has 5 aromatic rings. The number of alkyl halides is 5. The van der Waals surface area contributed by atoms with E-state index in [1.54, 1.807) is 24.3 Å². The first-order valence-corrected chi connectivity index (χ1v) is 12.9. The molecule has 0 heterocycles. The summed E-state index contributed by atoms with van der Waals surface area (Å²) in [6, 6.07) is 12.8. The van der Waals surface area contributed by atoms with Gasteiger partial charge in [-0.2, -0.15) is 8.78 Å². The van der Waals surface area contributed by atoms with Crippen LogP contribution in [-0.4, -0.2) is 6.36 Å². The molecule has 0 saturated heterocycles. The molecule has 12 heteroatoms. The topological polar surface area (TPSA) is 9.23 Å². The Morgan fingerprint density at radius 2 is 1.16 bits per heavy atom. The highest BCUT2D eigenvalue weighted by atomic mass is 19.4. The summed E-state index contributed by atoms with van der Waals surface area (Å²) in [6.45, 7) is 1.83. The molecule has 45 heavy (non-hydrogen) atoms. The van der Waals surface area contributed by atoms with E-state index in [-0.39, 0.29) is 39.8 Å². The van der Waals surface area contributed by atoms with E-state index in [0.717, 1.165) is 17.7 Å². The first kappa shape index (κ1) is 31.7. The van der Waals surface area contributed by atoms with Crippen molar-refractivity contribution >= 4 is 16.8 Å². The van der Waals surface area contributed by atoms with E-state index in [1.165, 1.54) is 12.1 Å². The number of hydrogen-bond donors (Lipinski definition) is 0. The predicted octanol–water partition coefficient (Wildman–Crippen LogP) is 11.3. The number of halogens is 11. The smallest absolute Gasteiger partial charge is 0.222 e. The van der Waals surface area contributed by atoms with Crippen LogP contribution < -0.4 is 0 Å². The average molecular weight is 638 g/mol. The van der Waals surface area contributed by atoms with Gasteiger partial charge in [-0.3, -0.25) is 0 Å². The van der Waals surface area contributed by atoms with Gasteiger partial charge >= 0.3 is 12.5 Å². The molecule has 0 N–H and O–H groups in total. The summed E-state index contributed by atoms with van der Waals surface area (Å²) in [5.41, 5.74) is -4.23. The average Bonchev–Trinajstić information content (AvgIpc) is 2.91. The highest BCUT2D eigenvalue weighted by Gasteiger charge is 2.49. The summed E-state index contributed by atoms with van der Waals surface area (Å²) in [6.07, 6.45) is -7.81. The highest BCUT2D eigenvalue weighted by Crippen LogP contribution is 2.41. The molecule has 0 atom stereocenters. The van der Waals surface area contributed by atoms with E-state index in [4.69, 9.17) is 0 Å². The van der Waals surface area contributed by atoms with Gasteiger partial charge in [0.15, 0.2) is 0 Å². The molecule has 0 unspecified atom stereocenters. The fourth-order valence-corrected chi connectivity index (χ4v) is 4.94. The molecule has 0 saturated carbocycles. The van der Waals surface area contributed by atoms with Crippen LogP contribution in [0, 0.1) is 34.9 Å². The van der Waals surface area contributed by atoms with Gasteiger partial charge in [0.2, 0.25) is 0 Å². The number of fused-ring (bicyclic) bond motifs is 1. The van der Waals surface area contributed by atoms with Crippen LogP contribution in [0.2, 0.25) is 0 Å². The molecular weight excluding hydrogens is 621 g/mol. The lowest BCUT2D eigenvalue weighted by atomic mass is 9.95. The maximum absolute atomic E-state index is 15.4. The molecule has 0 radical (unpaired) electrons. The standard InChI is InChI=1S/C33H17F11O/c1-2-3-16-4-7-22-17(10-16)6-9-23(31(22)39)18-5-8-21(24(34)11-18)19-12-25(35)29(26(36)13-19)20-14-27(37)30(28(38)15-20)32(40,41)45-33(42,43)44/h2-15H,1H3/b3-2+. The zero-order valence-electron chi connectivity index (χ0n) is 22.6. The number of hydrogen-bond acceptors (Lipinski definition) is 1. The summed E-state index contributed by atoms with van der Waals surface area (Å²) in [7, 11) is 0. The third kappa shape index (κ3) is 6.28. The van der Waals surface area contributed by atoms with Gasteiger partial charge in [-0.05, 0) is 71.0 Å². The molecule has 0 amide bonds. The third-order valence-electron chi connectivity index (χ3n) is 6.84. The van der Waals surface area contributed by atoms with Gasteiger partial charge < -0.3 is 0 Å². The van der Waals surface area contributed by atoms with E-state index in [1.807, 2.05) is 19.1 Å². The SMILES string of the molecule is C/C=C/c1ccc2c(F)c(-c3ccc(-c4cc(F)c(-c5cc(F)c(C(F)(F)OC(F)(F)F)c(F)c5)c(F)c4)c(F)c3)ccc2c1. The van der Waals surface area contributed by atoms with Crippen molar-refractivity contribution in [2.24, 2.45) is 0 Å². The zero-order chi connectivity index (χ0) is 32.8. The summed E-state index contributed by atoms with van der Waals surface area (Å²) in [4.78, 5) is 0. The van der Waals surface area contributed by atoms with Crippen molar-refractivity contribution in [3.05, 3.63) is 125 Å². The molecule has 232 valence electrons. The predicted molar refractivity (Wildman–Crippen MR) is 146 cm³/mol. The van der Waals surface area contributed by atoms with Crippen LogP contribution in [0.5, 0.6) is 0 Å². The van der Waals surface area contributed by atoms with Crippen molar-refractivity contribution in [2.75, 3.05) is 0 Å². The van der Waals surface area contributed by atoms with Gasteiger partial charge in [-0.15, -0.1) is 13.2 Å². The minimum atomic E-state index is -5.97. The van der Waals surface area contributed by atoms with E-state index >= 15 is 17.6 Å². The molecule has 0 bridgehead atoms. The van der Waals surface area contributed by atoms with E-state index in [2.05, 4.69) is 4.74 Å². The van der Waals surface area contributed by atoms with Gasteiger partial charge in [0.05, 0.1) is 5.56 Å². The Bertz CT molecular complexity index is 1930. The molecule has 0 aliphatic carbocycles. The maximum atomic E-state index is 15.4. The summed E-state index contributed by atoms with van der Waals surface area (Å²) in [5.74, 6) is -9.19. The first-order chi connectivity index (χ1) is 21.1. The third-order valence-corrected chi connectivity index (χ3v) is 6.84. The molecule has 1 nitrogen and oxygen atoms in total. The van der Waals surface area contributed by atoms with Crippen molar-refractivity contribution in [2.45, 2.75) is 19.4 Å². The van der Waals surface area contributed by atoms with Crippen LogP contribution in [0.4, 0.5) is 48.3 Å². The van der Waals surface area contributed by atoms with Crippen LogP contribution in [0.15, 0.2) is 78.9 Å². The maximum Gasteiger partial charge on any atom is 0.527 e. The summed E-state index contributed by atoms with van der Waals surface area (Å²) >= 11 is 0. The molecule has 0 fully saturated rings. The largest absolute Gasteiger partial charge is 0.527 e. The quantitative estimate of drug-likeness (QED) is 0.168. The van der Waals surface area contributed by atoms with E-state index in [0.29, 0.717) is 17.5 Å². The lowest BCUT2D eigenvalue weighted by Gasteiger charge is -2.20. The Kier molecular flexibility index (Phi) is 8.21. The second kappa shape index (κ2) is 11.7. The number of ether oxygens (including phenoxy) is 1. The normalized spacial score (nSPS) is 12.4. The molecular formula is C33H17F11O. The van der Waals surface area contributed by atoms with Crippen LogP contribution in [0.3, 0.4) is 0 Å². The van der Waals surface area contributed by atoms with Crippen LogP contribution in [0.1, 0.15) is 18.1 Å². The number of benzene rings is 5. The fourth-order valence-electron chi connectivity index (χ4n) is 4.94. The molecule has 5 aromatic carbocycles. The Morgan fingerprint density at radius 3 is 1.73 bits per heavy atom. The second-order valence-corrected chi connectivity index (χ2v) is 9.80. The molecule has 0 spiro atoms. The fraction of sp³-hybridized carbons (Fsp3) is 0.0909. The van der Waals surface area contributed by atoms with Crippen molar-refractivity contribution in [1.82, 2.24) is 0 Å². The summed E-state index contributed by atoms with van der Waals surface area (Å²) in [5, 5.41) is 0.884. The van der Waals surface area contributed by atoms with E-state index in [9.17, 15) is 30.7 Å².